The second kappa shape index (κ2) is 26.6. The van der Waals surface area contributed by atoms with Gasteiger partial charge in [0.2, 0.25) is 5.91 Å². The SMILES string of the molecule is O=C(O)CCOCCOCCOCCOCCOCCOCCOCCOCCNC(=O)CCN1C(=O)C=C(Br)C1=O. The normalized spacial score (nSPS) is 13.2. The van der Waals surface area contributed by atoms with E-state index in [1.54, 1.807) is 0 Å². The second-order valence-electron chi connectivity index (χ2n) is 8.43. The molecule has 3 amide bonds. The van der Waals surface area contributed by atoms with E-state index in [4.69, 9.17) is 43.0 Å². The third-order valence-corrected chi connectivity index (χ3v) is 5.73. The third-order valence-electron chi connectivity index (χ3n) is 5.16. The first kappa shape index (κ1) is 38.0. The summed E-state index contributed by atoms with van der Waals surface area (Å²) in [6.45, 7) is 6.80. The predicted octanol–water partition coefficient (Wildman–Crippen LogP) is -0.252. The number of nitrogens with one attached hydrogen (secondary N) is 1. The molecule has 1 aliphatic rings. The fraction of sp³-hybridized carbons (Fsp3) is 0.769. The van der Waals surface area contributed by atoms with Crippen molar-refractivity contribution >= 4 is 39.6 Å². The van der Waals surface area contributed by atoms with Crippen LogP contribution in [0.2, 0.25) is 0 Å². The lowest BCUT2D eigenvalue weighted by atomic mass is 10.3. The highest BCUT2D eigenvalue weighted by Crippen LogP contribution is 2.17. The van der Waals surface area contributed by atoms with Crippen LogP contribution in [0.1, 0.15) is 12.8 Å². The molecule has 0 aromatic carbocycles. The van der Waals surface area contributed by atoms with E-state index in [2.05, 4.69) is 21.2 Å². The van der Waals surface area contributed by atoms with Gasteiger partial charge in [-0.25, -0.2) is 0 Å². The molecule has 1 heterocycles. The second-order valence-corrected chi connectivity index (χ2v) is 9.28. The van der Waals surface area contributed by atoms with Gasteiger partial charge < -0.3 is 48.3 Å². The molecule has 0 saturated heterocycles. The Bertz CT molecular complexity index is 800. The maximum atomic E-state index is 11.8. The van der Waals surface area contributed by atoms with Crippen LogP contribution in [0.3, 0.4) is 0 Å². The van der Waals surface area contributed by atoms with E-state index in [-0.39, 0.29) is 36.4 Å². The van der Waals surface area contributed by atoms with Crippen molar-refractivity contribution in [2.24, 2.45) is 0 Å². The first-order valence-electron chi connectivity index (χ1n) is 13.7. The number of amides is 3. The Morgan fingerprint density at radius 3 is 1.38 bits per heavy atom. The summed E-state index contributed by atoms with van der Waals surface area (Å²) < 4.78 is 43.0. The molecule has 0 aromatic rings. The highest BCUT2D eigenvalue weighted by molar-refractivity contribution is 9.12. The van der Waals surface area contributed by atoms with Gasteiger partial charge in [0, 0.05) is 25.6 Å². The molecule has 16 heteroatoms. The lowest BCUT2D eigenvalue weighted by Crippen LogP contribution is -2.36. The van der Waals surface area contributed by atoms with Crippen molar-refractivity contribution in [2.45, 2.75) is 12.8 Å². The maximum absolute atomic E-state index is 11.8. The van der Waals surface area contributed by atoms with Crippen molar-refractivity contribution in [1.82, 2.24) is 10.2 Å². The number of halogens is 1. The fourth-order valence-corrected chi connectivity index (χ4v) is 3.46. The Morgan fingerprint density at radius 1 is 0.643 bits per heavy atom. The Labute approximate surface area is 254 Å². The zero-order valence-electron chi connectivity index (χ0n) is 23.9. The number of imide groups is 1. The van der Waals surface area contributed by atoms with Gasteiger partial charge in [0.1, 0.15) is 0 Å². The quantitative estimate of drug-likeness (QED) is 0.0756. The summed E-state index contributed by atoms with van der Waals surface area (Å²) in [6.07, 6.45) is 1.20. The number of hydrogen-bond acceptors (Lipinski definition) is 12. The standard InChI is InChI=1S/C26H43BrN2O13/c27-22-21-24(31)29(26(22)34)4-1-23(30)28-3-6-36-8-10-38-12-14-40-16-18-42-20-19-41-17-15-39-13-11-37-9-7-35-5-2-25(32)33/h21H,1-20H2,(H,28,30)(H,32,33). The first-order valence-corrected chi connectivity index (χ1v) is 14.5. The molecule has 242 valence electrons. The van der Waals surface area contributed by atoms with Gasteiger partial charge in [-0.1, -0.05) is 0 Å². The molecule has 2 N–H and O–H groups in total. The number of carbonyl (C=O) groups is 4. The molecule has 0 bridgehead atoms. The molecule has 0 saturated carbocycles. The maximum Gasteiger partial charge on any atom is 0.305 e. The van der Waals surface area contributed by atoms with E-state index in [1.165, 1.54) is 6.08 Å². The number of hydrogen-bond donors (Lipinski definition) is 2. The zero-order chi connectivity index (χ0) is 30.7. The van der Waals surface area contributed by atoms with Crippen molar-refractivity contribution in [1.29, 1.82) is 0 Å². The first-order chi connectivity index (χ1) is 20.4. The zero-order valence-corrected chi connectivity index (χ0v) is 25.5. The van der Waals surface area contributed by atoms with E-state index < -0.39 is 17.8 Å². The lowest BCUT2D eigenvalue weighted by molar-refractivity contribution is -0.139. The molecule has 0 fully saturated rings. The van der Waals surface area contributed by atoms with Crippen LogP contribution in [-0.2, 0) is 57.1 Å². The lowest BCUT2D eigenvalue weighted by Gasteiger charge is -2.13. The number of nitrogens with zero attached hydrogens (tertiary/aromatic N) is 1. The molecule has 1 aliphatic heterocycles. The van der Waals surface area contributed by atoms with E-state index in [1.807, 2.05) is 0 Å². The van der Waals surface area contributed by atoms with Gasteiger partial charge in [0.15, 0.2) is 0 Å². The molecule has 15 nitrogen and oxygen atoms in total. The molecule has 0 unspecified atom stereocenters. The van der Waals surface area contributed by atoms with E-state index >= 15 is 0 Å². The summed E-state index contributed by atoms with van der Waals surface area (Å²) in [4.78, 5) is 46.5. The molecule has 0 aromatic heterocycles. The molecule has 0 aliphatic carbocycles. The van der Waals surface area contributed by atoms with Crippen LogP contribution in [0.15, 0.2) is 10.6 Å². The average Bonchev–Trinajstić information content (AvgIpc) is 3.20. The van der Waals surface area contributed by atoms with Crippen LogP contribution in [0, 0.1) is 0 Å². The largest absolute Gasteiger partial charge is 0.481 e. The summed E-state index contributed by atoms with van der Waals surface area (Å²) in [7, 11) is 0. The molecule has 1 rings (SSSR count). The summed E-state index contributed by atoms with van der Waals surface area (Å²) in [5.41, 5.74) is 0. The monoisotopic (exact) mass is 670 g/mol. The van der Waals surface area contributed by atoms with Crippen LogP contribution < -0.4 is 5.32 Å². The molecule has 0 radical (unpaired) electrons. The summed E-state index contributed by atoms with van der Waals surface area (Å²) in [6, 6.07) is 0. The Hall–Kier alpha value is -2.02. The van der Waals surface area contributed by atoms with Gasteiger partial charge in [0.05, 0.1) is 117 Å². The number of carboxylic acids is 1. The van der Waals surface area contributed by atoms with E-state index in [0.29, 0.717) is 106 Å². The Morgan fingerprint density at radius 2 is 1.02 bits per heavy atom. The van der Waals surface area contributed by atoms with Crippen LogP contribution in [0.4, 0.5) is 0 Å². The molecule has 42 heavy (non-hydrogen) atoms. The third kappa shape index (κ3) is 21.6. The van der Waals surface area contributed by atoms with Gasteiger partial charge in [0.25, 0.3) is 11.8 Å². The van der Waals surface area contributed by atoms with E-state index in [0.717, 1.165) is 4.90 Å². The minimum absolute atomic E-state index is 0.0130. The smallest absolute Gasteiger partial charge is 0.305 e. The summed E-state index contributed by atoms with van der Waals surface area (Å²) in [5, 5.41) is 11.1. The van der Waals surface area contributed by atoms with E-state index in [9.17, 15) is 19.2 Å². The molecular weight excluding hydrogens is 628 g/mol. The minimum Gasteiger partial charge on any atom is -0.481 e. The van der Waals surface area contributed by atoms with Crippen LogP contribution in [0.25, 0.3) is 0 Å². The van der Waals surface area contributed by atoms with Crippen molar-refractivity contribution < 1.29 is 62.2 Å². The van der Waals surface area contributed by atoms with Crippen LogP contribution in [0.5, 0.6) is 0 Å². The molecular formula is C26H43BrN2O13. The molecule has 0 spiro atoms. The highest BCUT2D eigenvalue weighted by Gasteiger charge is 2.29. The number of aliphatic carboxylic acids is 1. The highest BCUT2D eigenvalue weighted by atomic mass is 79.9. The van der Waals surface area contributed by atoms with Gasteiger partial charge in [-0.15, -0.1) is 0 Å². The topological polar surface area (TPSA) is 178 Å². The summed E-state index contributed by atoms with van der Waals surface area (Å²) in [5.74, 6) is -2.02. The van der Waals surface area contributed by atoms with Gasteiger partial charge in [-0.2, -0.15) is 0 Å². The minimum atomic E-state index is -0.884. The van der Waals surface area contributed by atoms with Gasteiger partial charge >= 0.3 is 5.97 Å². The van der Waals surface area contributed by atoms with Gasteiger partial charge in [-0.3, -0.25) is 24.1 Å². The summed E-state index contributed by atoms with van der Waals surface area (Å²) >= 11 is 3.00. The number of carboxylic acid groups (broad SMARTS) is 1. The van der Waals surface area contributed by atoms with Crippen molar-refractivity contribution in [3.8, 4) is 0 Å². The Balaban J connectivity index is 1.70. The van der Waals surface area contributed by atoms with Crippen LogP contribution >= 0.6 is 15.9 Å². The average molecular weight is 672 g/mol. The van der Waals surface area contributed by atoms with Crippen LogP contribution in [-0.4, -0.2) is 152 Å². The number of carbonyl (C=O) groups excluding carboxylic acids is 3. The predicted molar refractivity (Wildman–Crippen MR) is 150 cm³/mol. The van der Waals surface area contributed by atoms with Crippen molar-refractivity contribution in [2.75, 3.05) is 119 Å². The number of rotatable bonds is 30. The van der Waals surface area contributed by atoms with Crippen molar-refractivity contribution in [3.63, 3.8) is 0 Å². The van der Waals surface area contributed by atoms with Gasteiger partial charge in [-0.05, 0) is 15.9 Å². The Kier molecular flexibility index (Phi) is 24.1. The van der Waals surface area contributed by atoms with Crippen molar-refractivity contribution in [3.05, 3.63) is 10.6 Å². The fourth-order valence-electron chi connectivity index (χ4n) is 3.05. The number of ether oxygens (including phenoxy) is 8. The molecule has 0 atom stereocenters.